The summed E-state index contributed by atoms with van der Waals surface area (Å²) >= 11 is 3.05. The number of nitrogens with one attached hydrogen (secondary N) is 2. The van der Waals surface area contributed by atoms with Crippen molar-refractivity contribution in [3.63, 3.8) is 0 Å². The SMILES string of the molecule is CCNCc1cc(S(=O)(=O)NCc2cscc2C)cs1. The van der Waals surface area contributed by atoms with Crippen molar-refractivity contribution in [2.75, 3.05) is 6.54 Å². The van der Waals surface area contributed by atoms with Crippen LogP contribution in [0.1, 0.15) is 22.9 Å². The first kappa shape index (κ1) is 15.7. The van der Waals surface area contributed by atoms with E-state index in [4.69, 9.17) is 0 Å². The minimum atomic E-state index is -3.42. The zero-order chi connectivity index (χ0) is 14.6. The number of thiophene rings is 2. The molecule has 0 bridgehead atoms. The van der Waals surface area contributed by atoms with Crippen molar-refractivity contribution < 1.29 is 8.42 Å². The topological polar surface area (TPSA) is 58.2 Å². The lowest BCUT2D eigenvalue weighted by Crippen LogP contribution is -2.22. The average molecular weight is 331 g/mol. The van der Waals surface area contributed by atoms with E-state index in [-0.39, 0.29) is 0 Å². The second-order valence-corrected chi connectivity index (χ2v) is 7.94. The zero-order valence-electron chi connectivity index (χ0n) is 11.5. The molecule has 2 N–H and O–H groups in total. The first-order chi connectivity index (χ1) is 9.53. The van der Waals surface area contributed by atoms with Crippen molar-refractivity contribution in [3.8, 4) is 0 Å². The monoisotopic (exact) mass is 330 g/mol. The normalized spacial score (nSPS) is 11.9. The fourth-order valence-electron chi connectivity index (χ4n) is 1.67. The van der Waals surface area contributed by atoms with Crippen LogP contribution in [-0.4, -0.2) is 15.0 Å². The highest BCUT2D eigenvalue weighted by molar-refractivity contribution is 7.89. The van der Waals surface area contributed by atoms with E-state index in [2.05, 4.69) is 10.0 Å². The van der Waals surface area contributed by atoms with Gasteiger partial charge in [0, 0.05) is 23.3 Å². The van der Waals surface area contributed by atoms with Crippen LogP contribution >= 0.6 is 22.7 Å². The van der Waals surface area contributed by atoms with E-state index >= 15 is 0 Å². The third-order valence-electron chi connectivity index (χ3n) is 2.90. The van der Waals surface area contributed by atoms with Gasteiger partial charge in [-0.15, -0.1) is 11.3 Å². The summed E-state index contributed by atoms with van der Waals surface area (Å²) in [6.45, 7) is 5.93. The number of aryl methyl sites for hydroxylation is 1. The van der Waals surface area contributed by atoms with Crippen LogP contribution in [0, 0.1) is 6.92 Å². The van der Waals surface area contributed by atoms with Gasteiger partial charge in [-0.2, -0.15) is 11.3 Å². The Morgan fingerprint density at radius 3 is 2.65 bits per heavy atom. The lowest BCUT2D eigenvalue weighted by Gasteiger charge is -2.04. The van der Waals surface area contributed by atoms with Gasteiger partial charge in [-0.05, 0) is 41.4 Å². The molecule has 0 aliphatic rings. The van der Waals surface area contributed by atoms with Gasteiger partial charge in [0.05, 0.1) is 4.90 Å². The molecule has 20 heavy (non-hydrogen) atoms. The van der Waals surface area contributed by atoms with Crippen LogP contribution in [0.5, 0.6) is 0 Å². The lowest BCUT2D eigenvalue weighted by atomic mass is 10.2. The molecule has 0 aliphatic heterocycles. The highest BCUT2D eigenvalue weighted by Crippen LogP contribution is 2.20. The highest BCUT2D eigenvalue weighted by Gasteiger charge is 2.16. The van der Waals surface area contributed by atoms with Crippen molar-refractivity contribution in [2.24, 2.45) is 0 Å². The Balaban J connectivity index is 2.03. The maximum Gasteiger partial charge on any atom is 0.241 e. The van der Waals surface area contributed by atoms with E-state index < -0.39 is 10.0 Å². The predicted octanol–water partition coefficient (Wildman–Crippen LogP) is 2.71. The first-order valence-corrected chi connectivity index (χ1v) is 9.63. The summed E-state index contributed by atoms with van der Waals surface area (Å²) in [5, 5.41) is 8.87. The van der Waals surface area contributed by atoms with Crippen LogP contribution < -0.4 is 10.0 Å². The van der Waals surface area contributed by atoms with E-state index in [1.165, 1.54) is 11.3 Å². The van der Waals surface area contributed by atoms with Crippen LogP contribution in [-0.2, 0) is 23.1 Å². The maximum absolute atomic E-state index is 12.2. The molecule has 2 heterocycles. The summed E-state index contributed by atoms with van der Waals surface area (Å²) in [6, 6.07) is 1.73. The van der Waals surface area contributed by atoms with Crippen molar-refractivity contribution in [2.45, 2.75) is 31.8 Å². The standard InChI is InChI=1S/C13H18N2O2S3/c1-3-14-6-12-4-13(9-19-12)20(16,17)15-5-11-8-18-7-10(11)2/h4,7-9,14-15H,3,5-6H2,1-2H3. The van der Waals surface area contributed by atoms with Gasteiger partial charge in [0.15, 0.2) is 0 Å². The summed E-state index contributed by atoms with van der Waals surface area (Å²) in [5.41, 5.74) is 2.15. The van der Waals surface area contributed by atoms with Crippen molar-refractivity contribution in [1.82, 2.24) is 10.0 Å². The summed E-state index contributed by atoms with van der Waals surface area (Å²) in [5.74, 6) is 0. The molecule has 0 amide bonds. The third-order valence-corrected chi connectivity index (χ3v) is 6.28. The molecule has 0 saturated heterocycles. The molecular formula is C13H18N2O2S3. The molecule has 0 aromatic carbocycles. The molecule has 0 atom stereocenters. The van der Waals surface area contributed by atoms with Gasteiger partial charge in [0.25, 0.3) is 0 Å². The van der Waals surface area contributed by atoms with E-state index in [1.807, 2.05) is 24.6 Å². The summed E-state index contributed by atoms with van der Waals surface area (Å²) in [7, 11) is -3.42. The van der Waals surface area contributed by atoms with Gasteiger partial charge in [-0.1, -0.05) is 6.92 Å². The summed E-state index contributed by atoms with van der Waals surface area (Å²) in [6.07, 6.45) is 0. The number of hydrogen-bond acceptors (Lipinski definition) is 5. The van der Waals surface area contributed by atoms with Crippen LogP contribution in [0.25, 0.3) is 0 Å². The molecule has 0 radical (unpaired) electrons. The van der Waals surface area contributed by atoms with Gasteiger partial charge in [0.1, 0.15) is 0 Å². The number of rotatable bonds is 7. The number of hydrogen-bond donors (Lipinski definition) is 2. The number of sulfonamides is 1. The Morgan fingerprint density at radius 2 is 2.00 bits per heavy atom. The summed E-state index contributed by atoms with van der Waals surface area (Å²) in [4.78, 5) is 1.38. The van der Waals surface area contributed by atoms with E-state index in [0.29, 0.717) is 18.0 Å². The Hall–Kier alpha value is -0.730. The second-order valence-electron chi connectivity index (χ2n) is 4.43. The molecular weight excluding hydrogens is 312 g/mol. The third kappa shape index (κ3) is 3.89. The van der Waals surface area contributed by atoms with Gasteiger partial charge in [-0.25, -0.2) is 13.1 Å². The molecule has 0 aliphatic carbocycles. The van der Waals surface area contributed by atoms with Crippen LogP contribution in [0.2, 0.25) is 0 Å². The predicted molar refractivity (Wildman–Crippen MR) is 84.8 cm³/mol. The average Bonchev–Trinajstić information content (AvgIpc) is 3.03. The van der Waals surface area contributed by atoms with E-state index in [1.54, 1.807) is 22.8 Å². The van der Waals surface area contributed by atoms with Crippen LogP contribution in [0.3, 0.4) is 0 Å². The van der Waals surface area contributed by atoms with Crippen molar-refractivity contribution in [1.29, 1.82) is 0 Å². The Bertz CT molecular complexity index is 659. The maximum atomic E-state index is 12.2. The first-order valence-electron chi connectivity index (χ1n) is 6.32. The smallest absolute Gasteiger partial charge is 0.241 e. The molecule has 7 heteroatoms. The minimum absolute atomic E-state index is 0.343. The molecule has 2 aromatic heterocycles. The van der Waals surface area contributed by atoms with Gasteiger partial charge in [0.2, 0.25) is 10.0 Å². The minimum Gasteiger partial charge on any atom is -0.312 e. The zero-order valence-corrected chi connectivity index (χ0v) is 13.9. The van der Waals surface area contributed by atoms with Crippen LogP contribution in [0.15, 0.2) is 27.1 Å². The molecule has 0 fully saturated rings. The molecule has 0 saturated carbocycles. The molecule has 110 valence electrons. The van der Waals surface area contributed by atoms with Crippen LogP contribution in [0.4, 0.5) is 0 Å². The van der Waals surface area contributed by atoms with Gasteiger partial charge < -0.3 is 5.32 Å². The fourth-order valence-corrected chi connectivity index (χ4v) is 4.77. The quantitative estimate of drug-likeness (QED) is 0.821. The van der Waals surface area contributed by atoms with Crippen molar-refractivity contribution >= 4 is 32.7 Å². The molecule has 0 unspecified atom stereocenters. The molecule has 2 rings (SSSR count). The van der Waals surface area contributed by atoms with Gasteiger partial charge >= 0.3 is 0 Å². The highest BCUT2D eigenvalue weighted by atomic mass is 32.2. The van der Waals surface area contributed by atoms with E-state index in [0.717, 1.165) is 22.5 Å². The second kappa shape index (κ2) is 6.82. The van der Waals surface area contributed by atoms with Gasteiger partial charge in [-0.3, -0.25) is 0 Å². The Kier molecular flexibility index (Phi) is 5.34. The molecule has 2 aromatic rings. The molecule has 0 spiro atoms. The Morgan fingerprint density at radius 1 is 1.20 bits per heavy atom. The Labute approximate surface area is 127 Å². The summed E-state index contributed by atoms with van der Waals surface area (Å²) < 4.78 is 27.1. The van der Waals surface area contributed by atoms with E-state index in [9.17, 15) is 8.42 Å². The lowest BCUT2D eigenvalue weighted by molar-refractivity contribution is 0.581. The fraction of sp³-hybridized carbons (Fsp3) is 0.385. The van der Waals surface area contributed by atoms with Crippen molar-refractivity contribution in [3.05, 3.63) is 38.2 Å². The largest absolute Gasteiger partial charge is 0.312 e. The molecule has 4 nitrogen and oxygen atoms in total.